The number of hydrogen-bond donors (Lipinski definition) is 2. The summed E-state index contributed by atoms with van der Waals surface area (Å²) in [5, 5.41) is 5.78. The number of carbonyl (C=O) groups excluding carboxylic acids is 2. The maximum Gasteiger partial charge on any atom is 0.338 e. The minimum atomic E-state index is -0.386. The van der Waals surface area contributed by atoms with E-state index in [4.69, 9.17) is 4.74 Å². The van der Waals surface area contributed by atoms with Crippen molar-refractivity contribution in [1.82, 2.24) is 5.32 Å². The third kappa shape index (κ3) is 6.35. The first-order chi connectivity index (χ1) is 12.1. The zero-order chi connectivity index (χ0) is 18.1. The van der Waals surface area contributed by atoms with Crippen molar-refractivity contribution in [3.8, 4) is 0 Å². The molecule has 0 spiro atoms. The highest BCUT2D eigenvalue weighted by Gasteiger charge is 2.07. The molecule has 0 aliphatic heterocycles. The summed E-state index contributed by atoms with van der Waals surface area (Å²) >= 11 is 0. The van der Waals surface area contributed by atoms with Gasteiger partial charge in [0, 0.05) is 5.69 Å². The fraction of sp³-hybridized carbons (Fsp3) is 0.263. The van der Waals surface area contributed by atoms with Gasteiger partial charge in [0.1, 0.15) is 5.82 Å². The van der Waals surface area contributed by atoms with Gasteiger partial charge in [-0.3, -0.25) is 4.79 Å². The van der Waals surface area contributed by atoms with Crippen molar-refractivity contribution in [3.63, 3.8) is 0 Å². The molecule has 0 atom stereocenters. The molecule has 2 aromatic carbocycles. The Balaban J connectivity index is 1.71. The van der Waals surface area contributed by atoms with Crippen LogP contribution in [-0.4, -0.2) is 31.6 Å². The highest BCUT2D eigenvalue weighted by molar-refractivity contribution is 5.93. The van der Waals surface area contributed by atoms with Crippen LogP contribution in [0.25, 0.3) is 0 Å². The molecule has 0 aliphatic carbocycles. The summed E-state index contributed by atoms with van der Waals surface area (Å²) in [5.41, 5.74) is 2.06. The van der Waals surface area contributed by atoms with Gasteiger partial charge in [0.25, 0.3) is 0 Å². The molecule has 2 aromatic rings. The first-order valence-electron chi connectivity index (χ1n) is 8.10. The number of esters is 1. The van der Waals surface area contributed by atoms with Crippen LogP contribution in [0.5, 0.6) is 0 Å². The third-order valence-electron chi connectivity index (χ3n) is 3.47. The predicted octanol–water partition coefficient (Wildman–Crippen LogP) is 2.77. The molecular formula is C19H21FN2O3. The average molecular weight is 344 g/mol. The second-order valence-corrected chi connectivity index (χ2v) is 5.40. The number of carbonyl (C=O) groups is 2. The number of rotatable bonds is 8. The topological polar surface area (TPSA) is 67.4 Å². The van der Waals surface area contributed by atoms with Gasteiger partial charge < -0.3 is 15.4 Å². The second-order valence-electron chi connectivity index (χ2n) is 5.40. The van der Waals surface area contributed by atoms with Crippen molar-refractivity contribution >= 4 is 17.6 Å². The van der Waals surface area contributed by atoms with Gasteiger partial charge in [-0.15, -0.1) is 0 Å². The van der Waals surface area contributed by atoms with Crippen LogP contribution in [0.15, 0.2) is 48.5 Å². The van der Waals surface area contributed by atoms with E-state index in [1.165, 1.54) is 12.1 Å². The molecule has 2 N–H and O–H groups in total. The minimum Gasteiger partial charge on any atom is -0.462 e. The smallest absolute Gasteiger partial charge is 0.338 e. The molecule has 1 amide bonds. The largest absolute Gasteiger partial charge is 0.462 e. The van der Waals surface area contributed by atoms with Crippen molar-refractivity contribution in [2.45, 2.75) is 13.3 Å². The van der Waals surface area contributed by atoms with Crippen molar-refractivity contribution in [2.24, 2.45) is 0 Å². The van der Waals surface area contributed by atoms with Crippen molar-refractivity contribution < 1.29 is 18.7 Å². The van der Waals surface area contributed by atoms with E-state index in [9.17, 15) is 14.0 Å². The van der Waals surface area contributed by atoms with Crippen LogP contribution in [0.3, 0.4) is 0 Å². The Morgan fingerprint density at radius 1 is 1.04 bits per heavy atom. The van der Waals surface area contributed by atoms with Gasteiger partial charge in [0.05, 0.1) is 18.7 Å². The lowest BCUT2D eigenvalue weighted by atomic mass is 10.1. The van der Waals surface area contributed by atoms with Gasteiger partial charge in [0.15, 0.2) is 0 Å². The number of nitrogens with one attached hydrogen (secondary N) is 2. The molecule has 0 heterocycles. The van der Waals surface area contributed by atoms with Crippen molar-refractivity contribution in [3.05, 3.63) is 65.5 Å². The van der Waals surface area contributed by atoms with E-state index in [-0.39, 0.29) is 24.2 Å². The molecule has 0 saturated heterocycles. The molecule has 6 heteroatoms. The van der Waals surface area contributed by atoms with Crippen LogP contribution in [-0.2, 0) is 16.0 Å². The summed E-state index contributed by atoms with van der Waals surface area (Å²) in [4.78, 5) is 23.4. The fourth-order valence-corrected chi connectivity index (χ4v) is 2.19. The number of amides is 1. The fourth-order valence-electron chi connectivity index (χ4n) is 2.19. The molecule has 0 radical (unpaired) electrons. The maximum absolute atomic E-state index is 12.8. The van der Waals surface area contributed by atoms with Gasteiger partial charge in [0.2, 0.25) is 5.91 Å². The van der Waals surface area contributed by atoms with Crippen LogP contribution in [0.2, 0.25) is 0 Å². The van der Waals surface area contributed by atoms with Crippen LogP contribution < -0.4 is 10.6 Å². The summed E-state index contributed by atoms with van der Waals surface area (Å²) in [6.07, 6.45) is 0.710. The van der Waals surface area contributed by atoms with Gasteiger partial charge in [-0.05, 0) is 61.9 Å². The SMILES string of the molecule is CCOC(=O)c1ccc(NC(=O)CNCCc2ccc(F)cc2)cc1. The molecule has 0 aromatic heterocycles. The van der Waals surface area contributed by atoms with Crippen LogP contribution in [0, 0.1) is 5.82 Å². The highest BCUT2D eigenvalue weighted by atomic mass is 19.1. The molecule has 0 fully saturated rings. The Morgan fingerprint density at radius 3 is 2.36 bits per heavy atom. The Kier molecular flexibility index (Phi) is 7.10. The Labute approximate surface area is 146 Å². The normalized spacial score (nSPS) is 10.3. The monoisotopic (exact) mass is 344 g/mol. The molecule has 0 aliphatic rings. The van der Waals surface area contributed by atoms with E-state index in [1.54, 1.807) is 43.3 Å². The van der Waals surface area contributed by atoms with Gasteiger partial charge in [-0.2, -0.15) is 0 Å². The lowest BCUT2D eigenvalue weighted by Crippen LogP contribution is -2.29. The van der Waals surface area contributed by atoms with Gasteiger partial charge >= 0.3 is 5.97 Å². The summed E-state index contributed by atoms with van der Waals surface area (Å²) in [6.45, 7) is 2.85. The Hall–Kier alpha value is -2.73. The zero-order valence-electron chi connectivity index (χ0n) is 14.0. The van der Waals surface area contributed by atoms with E-state index in [0.29, 0.717) is 30.8 Å². The molecule has 0 saturated carbocycles. The predicted molar refractivity (Wildman–Crippen MR) is 94.0 cm³/mol. The molecule has 5 nitrogen and oxygen atoms in total. The average Bonchev–Trinajstić information content (AvgIpc) is 2.61. The number of anilines is 1. The maximum atomic E-state index is 12.8. The van der Waals surface area contributed by atoms with Gasteiger partial charge in [-0.1, -0.05) is 12.1 Å². The van der Waals surface area contributed by atoms with Crippen molar-refractivity contribution in [2.75, 3.05) is 25.0 Å². The van der Waals surface area contributed by atoms with Crippen LogP contribution in [0.1, 0.15) is 22.8 Å². The summed E-state index contributed by atoms with van der Waals surface area (Å²) in [5.74, 6) is -0.823. The highest BCUT2D eigenvalue weighted by Crippen LogP contribution is 2.10. The van der Waals surface area contributed by atoms with Crippen LogP contribution >= 0.6 is 0 Å². The molecular weight excluding hydrogens is 323 g/mol. The standard InChI is InChI=1S/C19H21FN2O3/c1-2-25-19(24)15-5-9-17(10-6-15)22-18(23)13-21-12-11-14-3-7-16(20)8-4-14/h3-10,21H,2,11-13H2,1H3,(H,22,23). The zero-order valence-corrected chi connectivity index (χ0v) is 14.0. The molecule has 25 heavy (non-hydrogen) atoms. The second kappa shape index (κ2) is 9.54. The molecule has 2 rings (SSSR count). The molecule has 132 valence electrons. The minimum absolute atomic E-state index is 0.167. The summed E-state index contributed by atoms with van der Waals surface area (Å²) < 4.78 is 17.7. The van der Waals surface area contributed by atoms with Crippen LogP contribution in [0.4, 0.5) is 10.1 Å². The lowest BCUT2D eigenvalue weighted by Gasteiger charge is -2.08. The summed E-state index contributed by atoms with van der Waals surface area (Å²) in [7, 11) is 0. The Morgan fingerprint density at radius 2 is 1.72 bits per heavy atom. The lowest BCUT2D eigenvalue weighted by molar-refractivity contribution is -0.115. The van der Waals surface area contributed by atoms with E-state index >= 15 is 0 Å². The molecule has 0 unspecified atom stereocenters. The number of ether oxygens (including phenoxy) is 1. The van der Waals surface area contributed by atoms with Gasteiger partial charge in [-0.25, -0.2) is 9.18 Å². The summed E-state index contributed by atoms with van der Waals surface area (Å²) in [6, 6.07) is 12.8. The van der Waals surface area contributed by atoms with E-state index in [1.807, 2.05) is 0 Å². The molecule has 0 bridgehead atoms. The number of hydrogen-bond acceptors (Lipinski definition) is 4. The van der Waals surface area contributed by atoms with E-state index in [0.717, 1.165) is 5.56 Å². The van der Waals surface area contributed by atoms with E-state index < -0.39 is 0 Å². The first-order valence-corrected chi connectivity index (χ1v) is 8.10. The first kappa shape index (κ1) is 18.6. The Bertz CT molecular complexity index is 700. The number of halogens is 1. The quantitative estimate of drug-likeness (QED) is 0.571. The van der Waals surface area contributed by atoms with E-state index in [2.05, 4.69) is 10.6 Å². The number of benzene rings is 2. The third-order valence-corrected chi connectivity index (χ3v) is 3.47. The van der Waals surface area contributed by atoms with Crippen molar-refractivity contribution in [1.29, 1.82) is 0 Å².